The Morgan fingerprint density at radius 2 is 2.38 bits per heavy atom. The second-order valence-electron chi connectivity index (χ2n) is 2.94. The van der Waals surface area contributed by atoms with Crippen LogP contribution in [0.1, 0.15) is 26.2 Å². The van der Waals surface area contributed by atoms with Crippen molar-refractivity contribution in [2.24, 2.45) is 10.9 Å². The van der Waals surface area contributed by atoms with Crippen LogP contribution in [0.3, 0.4) is 0 Å². The van der Waals surface area contributed by atoms with Crippen molar-refractivity contribution in [3.8, 4) is 0 Å². The zero-order chi connectivity index (χ0) is 9.68. The highest BCUT2D eigenvalue weighted by Gasteiger charge is 2.14. The highest BCUT2D eigenvalue weighted by Crippen LogP contribution is 2.13. The molecule has 1 amide bonds. The zero-order valence-electron chi connectivity index (χ0n) is 7.66. The van der Waals surface area contributed by atoms with Crippen LogP contribution >= 0.6 is 0 Å². The Bertz CT molecular complexity index is 209. The topological polar surface area (TPSA) is 73.9 Å². The van der Waals surface area contributed by atoms with Crippen molar-refractivity contribution in [1.29, 1.82) is 0 Å². The number of nitrogens with two attached hydrogens (primary N) is 1. The molecule has 1 heterocycles. The first-order chi connectivity index (χ1) is 6.20. The fraction of sp³-hybridized carbons (Fsp3) is 0.750. The number of carbonyl (C=O) groups is 1. The predicted octanol–water partition coefficient (Wildman–Crippen LogP) is 0.391. The van der Waals surface area contributed by atoms with Gasteiger partial charge in [0, 0.05) is 6.42 Å². The Morgan fingerprint density at radius 3 is 2.92 bits per heavy atom. The molecule has 1 atom stereocenters. The van der Waals surface area contributed by atoms with Crippen LogP contribution in [-0.4, -0.2) is 24.5 Å². The van der Waals surface area contributed by atoms with Gasteiger partial charge in [0.1, 0.15) is 5.71 Å². The molecule has 1 aliphatic heterocycles. The number of hydrogen-bond acceptors (Lipinski definition) is 4. The van der Waals surface area contributed by atoms with E-state index in [9.17, 15) is 4.79 Å². The summed E-state index contributed by atoms with van der Waals surface area (Å²) in [5.74, 6) is -0.573. The Labute approximate surface area is 76.9 Å². The van der Waals surface area contributed by atoms with Crippen molar-refractivity contribution < 1.29 is 14.4 Å². The van der Waals surface area contributed by atoms with E-state index in [0.717, 1.165) is 19.3 Å². The second kappa shape index (κ2) is 4.81. The lowest BCUT2D eigenvalue weighted by molar-refractivity contribution is -0.162. The SMILES string of the molecule is CC(=NOC1CCCCO1)C(N)=O. The summed E-state index contributed by atoms with van der Waals surface area (Å²) in [5.41, 5.74) is 5.12. The third kappa shape index (κ3) is 3.42. The minimum absolute atomic E-state index is 0.161. The molecular formula is C8H14N2O3. The molecule has 2 N–H and O–H groups in total. The molecule has 1 saturated heterocycles. The third-order valence-corrected chi connectivity index (χ3v) is 1.80. The van der Waals surface area contributed by atoms with Gasteiger partial charge < -0.3 is 15.3 Å². The molecule has 0 aromatic heterocycles. The van der Waals surface area contributed by atoms with Gasteiger partial charge in [0.15, 0.2) is 0 Å². The number of rotatable bonds is 3. The van der Waals surface area contributed by atoms with Gasteiger partial charge in [0.2, 0.25) is 6.29 Å². The van der Waals surface area contributed by atoms with E-state index in [0.29, 0.717) is 6.61 Å². The summed E-state index contributed by atoms with van der Waals surface area (Å²) < 4.78 is 5.23. The van der Waals surface area contributed by atoms with E-state index in [1.165, 1.54) is 6.92 Å². The van der Waals surface area contributed by atoms with Crippen LogP contribution in [0.25, 0.3) is 0 Å². The largest absolute Gasteiger partial charge is 0.364 e. The maximum Gasteiger partial charge on any atom is 0.266 e. The van der Waals surface area contributed by atoms with E-state index in [2.05, 4.69) is 5.16 Å². The highest BCUT2D eigenvalue weighted by atomic mass is 16.8. The van der Waals surface area contributed by atoms with Crippen LogP contribution in [0.4, 0.5) is 0 Å². The average Bonchev–Trinajstić information content (AvgIpc) is 2.15. The first-order valence-corrected chi connectivity index (χ1v) is 4.32. The molecule has 1 unspecified atom stereocenters. The molecule has 0 aliphatic carbocycles. The summed E-state index contributed by atoms with van der Waals surface area (Å²) >= 11 is 0. The first kappa shape index (κ1) is 9.98. The number of carbonyl (C=O) groups excluding carboxylic acids is 1. The maximum absolute atomic E-state index is 10.5. The number of oxime groups is 1. The van der Waals surface area contributed by atoms with Gasteiger partial charge in [0.25, 0.3) is 5.91 Å². The molecule has 5 nitrogen and oxygen atoms in total. The summed E-state index contributed by atoms with van der Waals surface area (Å²) in [5, 5.41) is 3.56. The highest BCUT2D eigenvalue weighted by molar-refractivity contribution is 6.37. The van der Waals surface area contributed by atoms with E-state index in [1.54, 1.807) is 0 Å². The van der Waals surface area contributed by atoms with Crippen LogP contribution in [0.2, 0.25) is 0 Å². The molecule has 0 spiro atoms. The van der Waals surface area contributed by atoms with Crippen molar-refractivity contribution in [3.05, 3.63) is 0 Å². The fourth-order valence-corrected chi connectivity index (χ4v) is 0.977. The molecule has 5 heteroatoms. The van der Waals surface area contributed by atoms with E-state index in [-0.39, 0.29) is 12.0 Å². The molecule has 1 aliphatic rings. The molecule has 0 saturated carbocycles. The van der Waals surface area contributed by atoms with E-state index < -0.39 is 5.91 Å². The lowest BCUT2D eigenvalue weighted by atomic mass is 10.2. The lowest BCUT2D eigenvalue weighted by Gasteiger charge is -2.20. The number of hydrogen-bond donors (Lipinski definition) is 1. The summed E-state index contributed by atoms with van der Waals surface area (Å²) in [6.07, 6.45) is 2.62. The minimum Gasteiger partial charge on any atom is -0.364 e. The monoisotopic (exact) mass is 186 g/mol. The van der Waals surface area contributed by atoms with Gasteiger partial charge in [-0.2, -0.15) is 0 Å². The van der Waals surface area contributed by atoms with Crippen molar-refractivity contribution in [2.75, 3.05) is 6.61 Å². The van der Waals surface area contributed by atoms with Crippen molar-refractivity contribution in [3.63, 3.8) is 0 Å². The van der Waals surface area contributed by atoms with Crippen LogP contribution in [0.15, 0.2) is 5.16 Å². The normalized spacial score (nSPS) is 24.1. The summed E-state index contributed by atoms with van der Waals surface area (Å²) in [6, 6.07) is 0. The lowest BCUT2D eigenvalue weighted by Crippen LogP contribution is -2.24. The van der Waals surface area contributed by atoms with Gasteiger partial charge in [0.05, 0.1) is 6.61 Å². The van der Waals surface area contributed by atoms with Gasteiger partial charge >= 0.3 is 0 Å². The van der Waals surface area contributed by atoms with Crippen LogP contribution in [-0.2, 0) is 14.4 Å². The number of nitrogens with zero attached hydrogens (tertiary/aromatic N) is 1. The Kier molecular flexibility index (Phi) is 3.70. The Morgan fingerprint density at radius 1 is 1.62 bits per heavy atom. The summed E-state index contributed by atoms with van der Waals surface area (Å²) in [7, 11) is 0. The van der Waals surface area contributed by atoms with Crippen molar-refractivity contribution in [2.45, 2.75) is 32.5 Å². The van der Waals surface area contributed by atoms with E-state index >= 15 is 0 Å². The minimum atomic E-state index is -0.573. The second-order valence-corrected chi connectivity index (χ2v) is 2.94. The zero-order valence-corrected chi connectivity index (χ0v) is 7.66. The van der Waals surface area contributed by atoms with E-state index in [1.807, 2.05) is 0 Å². The van der Waals surface area contributed by atoms with Crippen molar-refractivity contribution in [1.82, 2.24) is 0 Å². The molecule has 0 aromatic carbocycles. The molecular weight excluding hydrogens is 172 g/mol. The molecule has 1 rings (SSSR count). The molecule has 0 aromatic rings. The molecule has 0 bridgehead atoms. The number of ether oxygens (including phenoxy) is 1. The number of primary amides is 1. The summed E-state index contributed by atoms with van der Waals surface area (Å²) in [4.78, 5) is 15.5. The fourth-order valence-electron chi connectivity index (χ4n) is 0.977. The molecule has 13 heavy (non-hydrogen) atoms. The van der Waals surface area contributed by atoms with Gasteiger partial charge in [-0.25, -0.2) is 0 Å². The smallest absolute Gasteiger partial charge is 0.266 e. The maximum atomic E-state index is 10.5. The van der Waals surface area contributed by atoms with Crippen LogP contribution in [0, 0.1) is 0 Å². The third-order valence-electron chi connectivity index (χ3n) is 1.80. The average molecular weight is 186 g/mol. The van der Waals surface area contributed by atoms with E-state index in [4.69, 9.17) is 15.3 Å². The van der Waals surface area contributed by atoms with Crippen molar-refractivity contribution >= 4 is 11.6 Å². The van der Waals surface area contributed by atoms with Crippen LogP contribution in [0.5, 0.6) is 0 Å². The van der Waals surface area contributed by atoms with Gasteiger partial charge in [-0.1, -0.05) is 5.16 Å². The predicted molar refractivity (Wildman–Crippen MR) is 47.0 cm³/mol. The summed E-state index contributed by atoms with van der Waals surface area (Å²) in [6.45, 7) is 2.20. The van der Waals surface area contributed by atoms with Gasteiger partial charge in [-0.15, -0.1) is 0 Å². The first-order valence-electron chi connectivity index (χ1n) is 4.32. The Balaban J connectivity index is 2.31. The number of amides is 1. The van der Waals surface area contributed by atoms with Gasteiger partial charge in [-0.05, 0) is 19.8 Å². The molecule has 1 fully saturated rings. The van der Waals surface area contributed by atoms with Crippen LogP contribution < -0.4 is 5.73 Å². The standard InChI is InChI=1S/C8H14N2O3/c1-6(8(9)11)10-13-7-4-2-3-5-12-7/h7H,2-5H2,1H3,(H2,9,11). The Hall–Kier alpha value is -1.10. The quantitative estimate of drug-likeness (QED) is 0.511. The van der Waals surface area contributed by atoms with Gasteiger partial charge in [-0.3, -0.25) is 4.79 Å². The molecule has 74 valence electrons. The molecule has 0 radical (unpaired) electrons.